The number of carbonyl (C=O) groups is 1. The van der Waals surface area contributed by atoms with Crippen LogP contribution in [0.4, 0.5) is 10.5 Å². The van der Waals surface area contributed by atoms with E-state index < -0.39 is 0 Å². The Morgan fingerprint density at radius 2 is 2.12 bits per heavy atom. The third-order valence-electron chi connectivity index (χ3n) is 2.10. The first-order valence-electron chi connectivity index (χ1n) is 5.30. The summed E-state index contributed by atoms with van der Waals surface area (Å²) >= 11 is 3.43. The van der Waals surface area contributed by atoms with Gasteiger partial charge in [0, 0.05) is 16.7 Å². The highest BCUT2D eigenvalue weighted by atomic mass is 79.9. The number of anilines is 1. The van der Waals surface area contributed by atoms with E-state index in [1.165, 1.54) is 0 Å². The van der Waals surface area contributed by atoms with Crippen LogP contribution in [0.25, 0.3) is 0 Å². The molecule has 0 atom stereocenters. The summed E-state index contributed by atoms with van der Waals surface area (Å²) in [5.41, 5.74) is 1.94. The number of hydrogen-bond acceptors (Lipinski definition) is 1. The molecule has 16 heavy (non-hydrogen) atoms. The maximum Gasteiger partial charge on any atom is 0.319 e. The Morgan fingerprint density at radius 3 is 2.69 bits per heavy atom. The molecule has 2 amide bonds. The third-order valence-corrected chi connectivity index (χ3v) is 2.95. The average molecular weight is 285 g/mol. The van der Waals surface area contributed by atoms with E-state index in [9.17, 15) is 4.79 Å². The molecule has 0 aromatic heterocycles. The van der Waals surface area contributed by atoms with E-state index in [2.05, 4.69) is 40.4 Å². The van der Waals surface area contributed by atoms with Crippen molar-refractivity contribution in [1.29, 1.82) is 0 Å². The molecule has 1 rings (SSSR count). The lowest BCUT2D eigenvalue weighted by molar-refractivity contribution is 0.251. The van der Waals surface area contributed by atoms with Gasteiger partial charge in [-0.25, -0.2) is 4.79 Å². The van der Waals surface area contributed by atoms with Crippen LogP contribution >= 0.6 is 15.9 Å². The van der Waals surface area contributed by atoms with Gasteiger partial charge in [0.25, 0.3) is 0 Å². The van der Waals surface area contributed by atoms with Crippen molar-refractivity contribution < 1.29 is 4.79 Å². The standard InChI is InChI=1S/C12H17BrN2O/c1-8(2)7-14-12(16)15-10-5-4-9(3)11(13)6-10/h4-6,8H,7H2,1-3H3,(H2,14,15,16). The molecule has 4 heteroatoms. The minimum atomic E-state index is -0.163. The molecule has 0 aliphatic carbocycles. The smallest absolute Gasteiger partial charge is 0.319 e. The summed E-state index contributed by atoms with van der Waals surface area (Å²) in [6, 6.07) is 5.58. The Kier molecular flexibility index (Phi) is 4.80. The summed E-state index contributed by atoms with van der Waals surface area (Å²) in [4.78, 5) is 11.5. The first-order valence-corrected chi connectivity index (χ1v) is 6.09. The molecular weight excluding hydrogens is 268 g/mol. The van der Waals surface area contributed by atoms with Gasteiger partial charge >= 0.3 is 6.03 Å². The average Bonchev–Trinajstić information content (AvgIpc) is 2.21. The van der Waals surface area contributed by atoms with Gasteiger partial charge in [0.1, 0.15) is 0 Å². The SMILES string of the molecule is Cc1ccc(NC(=O)NCC(C)C)cc1Br. The van der Waals surface area contributed by atoms with Gasteiger partial charge in [-0.1, -0.05) is 35.8 Å². The van der Waals surface area contributed by atoms with Crippen LogP contribution in [0.15, 0.2) is 22.7 Å². The molecule has 0 aliphatic heterocycles. The van der Waals surface area contributed by atoms with Crippen LogP contribution in [-0.2, 0) is 0 Å². The predicted octanol–water partition coefficient (Wildman–Crippen LogP) is 3.54. The molecule has 0 aliphatic rings. The van der Waals surface area contributed by atoms with Crippen molar-refractivity contribution in [2.45, 2.75) is 20.8 Å². The number of carbonyl (C=O) groups excluding carboxylic acids is 1. The third kappa shape index (κ3) is 4.23. The molecule has 88 valence electrons. The normalized spacial score (nSPS) is 10.3. The van der Waals surface area contributed by atoms with Crippen LogP contribution < -0.4 is 10.6 Å². The van der Waals surface area contributed by atoms with Crippen molar-refractivity contribution in [3.63, 3.8) is 0 Å². The minimum Gasteiger partial charge on any atom is -0.338 e. The zero-order valence-corrected chi connectivity index (χ0v) is 11.4. The van der Waals surface area contributed by atoms with Crippen LogP contribution in [-0.4, -0.2) is 12.6 Å². The van der Waals surface area contributed by atoms with Gasteiger partial charge in [-0.05, 0) is 30.5 Å². The molecule has 0 heterocycles. The van der Waals surface area contributed by atoms with E-state index in [0.717, 1.165) is 15.7 Å². The number of halogens is 1. The molecular formula is C12H17BrN2O. The molecule has 2 N–H and O–H groups in total. The highest BCUT2D eigenvalue weighted by Crippen LogP contribution is 2.20. The van der Waals surface area contributed by atoms with Gasteiger partial charge in [-0.3, -0.25) is 0 Å². The van der Waals surface area contributed by atoms with Crippen molar-refractivity contribution in [2.75, 3.05) is 11.9 Å². The zero-order chi connectivity index (χ0) is 12.1. The van der Waals surface area contributed by atoms with E-state index in [1.54, 1.807) is 0 Å². The van der Waals surface area contributed by atoms with E-state index in [0.29, 0.717) is 12.5 Å². The number of hydrogen-bond donors (Lipinski definition) is 2. The predicted molar refractivity (Wildman–Crippen MR) is 70.7 cm³/mol. The molecule has 0 unspecified atom stereocenters. The number of nitrogens with one attached hydrogen (secondary N) is 2. The summed E-state index contributed by atoms with van der Waals surface area (Å²) in [7, 11) is 0. The lowest BCUT2D eigenvalue weighted by atomic mass is 10.2. The number of benzene rings is 1. The molecule has 0 saturated carbocycles. The zero-order valence-electron chi connectivity index (χ0n) is 9.80. The Bertz CT molecular complexity index is 377. The van der Waals surface area contributed by atoms with Crippen LogP contribution in [0.2, 0.25) is 0 Å². The molecule has 1 aromatic rings. The first kappa shape index (κ1) is 13.0. The monoisotopic (exact) mass is 284 g/mol. The van der Waals surface area contributed by atoms with Crippen LogP contribution in [0.3, 0.4) is 0 Å². The van der Waals surface area contributed by atoms with Gasteiger partial charge < -0.3 is 10.6 Å². The van der Waals surface area contributed by atoms with Crippen LogP contribution in [0.5, 0.6) is 0 Å². The number of rotatable bonds is 3. The van der Waals surface area contributed by atoms with Crippen molar-refractivity contribution >= 4 is 27.6 Å². The second kappa shape index (κ2) is 5.89. The molecule has 0 fully saturated rings. The minimum absolute atomic E-state index is 0.163. The highest BCUT2D eigenvalue weighted by molar-refractivity contribution is 9.10. The fourth-order valence-electron chi connectivity index (χ4n) is 1.14. The fourth-order valence-corrected chi connectivity index (χ4v) is 1.52. The summed E-state index contributed by atoms with van der Waals surface area (Å²) < 4.78 is 0.995. The van der Waals surface area contributed by atoms with Gasteiger partial charge in [-0.15, -0.1) is 0 Å². The number of amides is 2. The van der Waals surface area contributed by atoms with E-state index in [-0.39, 0.29) is 6.03 Å². The lowest BCUT2D eigenvalue weighted by Gasteiger charge is -2.10. The van der Waals surface area contributed by atoms with Crippen molar-refractivity contribution in [3.8, 4) is 0 Å². The molecule has 0 spiro atoms. The Morgan fingerprint density at radius 1 is 1.44 bits per heavy atom. The fraction of sp³-hybridized carbons (Fsp3) is 0.417. The quantitative estimate of drug-likeness (QED) is 0.876. The summed E-state index contributed by atoms with van der Waals surface area (Å²) in [5.74, 6) is 0.454. The van der Waals surface area contributed by atoms with Gasteiger partial charge in [0.05, 0.1) is 0 Å². The Balaban J connectivity index is 2.53. The van der Waals surface area contributed by atoms with Crippen molar-refractivity contribution in [2.24, 2.45) is 5.92 Å². The largest absolute Gasteiger partial charge is 0.338 e. The Hall–Kier alpha value is -1.03. The van der Waals surface area contributed by atoms with Crippen LogP contribution in [0.1, 0.15) is 19.4 Å². The first-order chi connectivity index (χ1) is 7.49. The lowest BCUT2D eigenvalue weighted by Crippen LogP contribution is -2.31. The molecule has 0 bridgehead atoms. The van der Waals surface area contributed by atoms with E-state index >= 15 is 0 Å². The maximum absolute atomic E-state index is 11.5. The van der Waals surface area contributed by atoms with Gasteiger partial charge in [-0.2, -0.15) is 0 Å². The van der Waals surface area contributed by atoms with Gasteiger partial charge in [0.2, 0.25) is 0 Å². The van der Waals surface area contributed by atoms with Gasteiger partial charge in [0.15, 0.2) is 0 Å². The van der Waals surface area contributed by atoms with Crippen LogP contribution in [0, 0.1) is 12.8 Å². The number of aryl methyl sites for hydroxylation is 1. The van der Waals surface area contributed by atoms with E-state index in [4.69, 9.17) is 0 Å². The summed E-state index contributed by atoms with van der Waals surface area (Å²) in [5, 5.41) is 5.58. The molecule has 0 radical (unpaired) electrons. The Labute approximate surface area is 105 Å². The van der Waals surface area contributed by atoms with Crippen molar-refractivity contribution in [1.82, 2.24) is 5.32 Å². The molecule has 1 aromatic carbocycles. The second-order valence-electron chi connectivity index (χ2n) is 4.19. The topological polar surface area (TPSA) is 41.1 Å². The summed E-state index contributed by atoms with van der Waals surface area (Å²) in [6.07, 6.45) is 0. The molecule has 3 nitrogen and oxygen atoms in total. The molecule has 0 saturated heterocycles. The number of urea groups is 1. The van der Waals surface area contributed by atoms with Crippen molar-refractivity contribution in [3.05, 3.63) is 28.2 Å². The highest BCUT2D eigenvalue weighted by Gasteiger charge is 2.03. The summed E-state index contributed by atoms with van der Waals surface area (Å²) in [6.45, 7) is 6.80. The maximum atomic E-state index is 11.5. The second-order valence-corrected chi connectivity index (χ2v) is 5.05. The van der Waals surface area contributed by atoms with E-state index in [1.807, 2.05) is 25.1 Å².